The van der Waals surface area contributed by atoms with E-state index in [-0.39, 0.29) is 40.0 Å². The van der Waals surface area contributed by atoms with Crippen molar-refractivity contribution in [3.05, 3.63) is 76.3 Å². The van der Waals surface area contributed by atoms with Crippen molar-refractivity contribution in [3.63, 3.8) is 0 Å². The molecule has 1 aliphatic carbocycles. The van der Waals surface area contributed by atoms with Crippen molar-refractivity contribution in [2.75, 3.05) is 33.0 Å². The standard InChI is InChI=1S/C15H10O4.C13H20N2O3.Sn/c1-19-11-7-6-10(16)12-13(11)15(18)9-5-3-2-4-8(9)14(12)17;1-4-6-15(5-2)13(17)9-7-12(18-3)11(16)8-10(9)14;/h2-7,16H,1H3;7-8,16H,4-6,14H2,1-3H3;/q;;+2/p-2. The number of carbonyl (C=O) groups is 3. The quantitative estimate of drug-likeness (QED) is 0.209. The zero-order valence-corrected chi connectivity index (χ0v) is 24.5. The molecule has 3 aromatic rings. The summed E-state index contributed by atoms with van der Waals surface area (Å²) in [6.07, 6.45) is 0.830. The number of carbonyl (C=O) groups excluding carboxylic acids is 3. The fraction of sp³-hybridized carbons (Fsp3) is 0.250. The summed E-state index contributed by atoms with van der Waals surface area (Å²) in [6, 6.07) is 13.0. The Balaban J connectivity index is 1.59. The molecular weight excluding hydrogens is 595 g/mol. The number of anilines is 1. The Kier molecular flexibility index (Phi) is 8.45. The molecule has 0 aliphatic heterocycles. The molecule has 0 bridgehead atoms. The number of methoxy groups -OCH3 is 2. The molecule has 0 atom stereocenters. The predicted molar refractivity (Wildman–Crippen MR) is 143 cm³/mol. The van der Waals surface area contributed by atoms with E-state index in [1.54, 1.807) is 53.4 Å². The van der Waals surface area contributed by atoms with Gasteiger partial charge in [-0.2, -0.15) is 0 Å². The first-order valence-corrected chi connectivity index (χ1v) is 14.4. The fourth-order valence-electron chi connectivity index (χ4n) is 4.37. The molecule has 0 saturated heterocycles. The molecule has 1 aliphatic rings. The zero-order valence-electron chi connectivity index (χ0n) is 21.6. The van der Waals surface area contributed by atoms with Gasteiger partial charge in [0.2, 0.25) is 0 Å². The first-order valence-electron chi connectivity index (χ1n) is 12.1. The number of nitrogen functional groups attached to an aromatic ring is 1. The summed E-state index contributed by atoms with van der Waals surface area (Å²) < 4.78 is 22.8. The summed E-state index contributed by atoms with van der Waals surface area (Å²) in [6.45, 7) is 5.10. The Morgan fingerprint density at radius 2 is 1.42 bits per heavy atom. The monoisotopic (exact) mass is 624 g/mol. The van der Waals surface area contributed by atoms with Gasteiger partial charge < -0.3 is 0 Å². The minimum absolute atomic E-state index is 0.153. The first-order chi connectivity index (χ1) is 18.4. The van der Waals surface area contributed by atoms with Gasteiger partial charge in [-0.15, -0.1) is 0 Å². The van der Waals surface area contributed by atoms with Gasteiger partial charge in [-0.25, -0.2) is 0 Å². The summed E-state index contributed by atoms with van der Waals surface area (Å²) in [5.41, 5.74) is 7.78. The van der Waals surface area contributed by atoms with E-state index in [0.29, 0.717) is 47.0 Å². The first kappa shape index (κ1) is 27.3. The van der Waals surface area contributed by atoms with E-state index in [0.717, 1.165) is 6.42 Å². The Morgan fingerprint density at radius 3 is 2.00 bits per heavy atom. The van der Waals surface area contributed by atoms with Crippen LogP contribution in [-0.2, 0) is 0 Å². The number of fused-ring (bicyclic) bond motifs is 2. The van der Waals surface area contributed by atoms with Crippen molar-refractivity contribution in [1.29, 1.82) is 0 Å². The molecule has 0 unspecified atom stereocenters. The van der Waals surface area contributed by atoms with Gasteiger partial charge in [-0.05, 0) is 0 Å². The Bertz CT molecular complexity index is 1410. The van der Waals surface area contributed by atoms with Crippen molar-refractivity contribution in [3.8, 4) is 23.0 Å². The average molecular weight is 623 g/mol. The van der Waals surface area contributed by atoms with Crippen molar-refractivity contribution in [1.82, 2.24) is 4.90 Å². The van der Waals surface area contributed by atoms with Gasteiger partial charge in [-0.1, -0.05) is 0 Å². The third kappa shape index (κ3) is 5.02. The molecule has 9 nitrogen and oxygen atoms in total. The van der Waals surface area contributed by atoms with Gasteiger partial charge in [0.15, 0.2) is 0 Å². The van der Waals surface area contributed by atoms with Crippen LogP contribution in [-0.4, -0.2) is 71.7 Å². The molecule has 0 heterocycles. The van der Waals surface area contributed by atoms with Crippen LogP contribution in [0, 0.1) is 0 Å². The van der Waals surface area contributed by atoms with Crippen LogP contribution in [0.15, 0.2) is 48.5 Å². The SMILES string of the molecule is CCCN(CC)C(=O)c1cc(OC)c([O][Sn][O]c2ccc(OC)c3c2C(=O)c2ccccc2C3=O)cc1N. The maximum absolute atomic E-state index is 13.4. The van der Waals surface area contributed by atoms with Gasteiger partial charge in [0.25, 0.3) is 0 Å². The van der Waals surface area contributed by atoms with E-state index in [1.807, 2.05) is 13.8 Å². The molecule has 38 heavy (non-hydrogen) atoms. The molecule has 196 valence electrons. The number of ketones is 2. The molecule has 0 fully saturated rings. The van der Waals surface area contributed by atoms with Crippen molar-refractivity contribution >= 4 is 45.1 Å². The molecule has 10 heteroatoms. The number of benzene rings is 3. The second kappa shape index (κ2) is 11.8. The van der Waals surface area contributed by atoms with E-state index in [4.69, 9.17) is 21.4 Å². The van der Waals surface area contributed by atoms with Crippen LogP contribution < -0.4 is 21.4 Å². The molecular formula is C28H28N2O7Sn. The Labute approximate surface area is 232 Å². The summed E-state index contributed by atoms with van der Waals surface area (Å²) in [5, 5.41) is 0. The van der Waals surface area contributed by atoms with Crippen molar-refractivity contribution < 1.29 is 30.0 Å². The second-order valence-corrected chi connectivity index (χ2v) is 10.1. The molecule has 0 aromatic heterocycles. The van der Waals surface area contributed by atoms with E-state index in [2.05, 4.69) is 0 Å². The van der Waals surface area contributed by atoms with Gasteiger partial charge >= 0.3 is 233 Å². The third-order valence-electron chi connectivity index (χ3n) is 6.25. The number of hydrogen-bond acceptors (Lipinski definition) is 8. The van der Waals surface area contributed by atoms with Gasteiger partial charge in [0, 0.05) is 0 Å². The topological polar surface area (TPSA) is 117 Å². The van der Waals surface area contributed by atoms with Crippen LogP contribution in [0.25, 0.3) is 0 Å². The molecule has 1 amide bonds. The maximum atomic E-state index is 13.4. The molecule has 0 spiro atoms. The fourth-order valence-corrected chi connectivity index (χ4v) is 5.95. The summed E-state index contributed by atoms with van der Waals surface area (Å²) in [7, 11) is 2.92. The van der Waals surface area contributed by atoms with Crippen LogP contribution in [0.3, 0.4) is 0 Å². The van der Waals surface area contributed by atoms with Crippen molar-refractivity contribution in [2.24, 2.45) is 0 Å². The summed E-state index contributed by atoms with van der Waals surface area (Å²) in [4.78, 5) is 41.3. The average Bonchev–Trinajstić information content (AvgIpc) is 2.94. The Hall–Kier alpha value is -3.73. The van der Waals surface area contributed by atoms with Crippen LogP contribution in [0.5, 0.6) is 23.0 Å². The van der Waals surface area contributed by atoms with E-state index < -0.39 is 22.0 Å². The van der Waals surface area contributed by atoms with Crippen LogP contribution in [0.2, 0.25) is 0 Å². The predicted octanol–water partition coefficient (Wildman–Crippen LogP) is 3.93. The molecule has 4 rings (SSSR count). The number of hydrogen-bond donors (Lipinski definition) is 1. The number of ether oxygens (including phenoxy) is 2. The number of amides is 1. The normalized spacial score (nSPS) is 11.9. The number of nitrogens with zero attached hydrogens (tertiary/aromatic N) is 1. The number of rotatable bonds is 10. The van der Waals surface area contributed by atoms with Crippen LogP contribution in [0.1, 0.15) is 62.5 Å². The molecule has 2 radical (unpaired) electrons. The molecule has 2 N–H and O–H groups in total. The van der Waals surface area contributed by atoms with Gasteiger partial charge in [0.1, 0.15) is 0 Å². The van der Waals surface area contributed by atoms with E-state index in [9.17, 15) is 14.4 Å². The van der Waals surface area contributed by atoms with Crippen LogP contribution in [0.4, 0.5) is 5.69 Å². The molecule has 0 saturated carbocycles. The van der Waals surface area contributed by atoms with Gasteiger partial charge in [0.05, 0.1) is 0 Å². The second-order valence-electron chi connectivity index (χ2n) is 8.48. The van der Waals surface area contributed by atoms with E-state index in [1.165, 1.54) is 14.2 Å². The van der Waals surface area contributed by atoms with Crippen LogP contribution >= 0.6 is 0 Å². The van der Waals surface area contributed by atoms with Crippen molar-refractivity contribution in [2.45, 2.75) is 20.3 Å². The zero-order chi connectivity index (χ0) is 27.4. The minimum atomic E-state index is -2.12. The molecule has 3 aromatic carbocycles. The Morgan fingerprint density at radius 1 is 0.842 bits per heavy atom. The summed E-state index contributed by atoms with van der Waals surface area (Å²) >= 11 is -2.12. The van der Waals surface area contributed by atoms with E-state index >= 15 is 0 Å². The third-order valence-corrected chi connectivity index (χ3v) is 7.98. The summed E-state index contributed by atoms with van der Waals surface area (Å²) in [5.74, 6) is 0.422. The van der Waals surface area contributed by atoms with Gasteiger partial charge in [-0.3, -0.25) is 0 Å². The number of nitrogens with two attached hydrogens (primary N) is 1.